The number of esters is 1. The SMILES string of the molecule is CC(=O)OCC1=C(C)C(=O)CC2(OCCO2)C1(C)C. The number of carbonyl (C=O) groups excluding carboxylic acids is 2. The summed E-state index contributed by atoms with van der Waals surface area (Å²) in [5.41, 5.74) is 0.925. The topological polar surface area (TPSA) is 61.8 Å². The van der Waals surface area contributed by atoms with E-state index in [1.54, 1.807) is 6.92 Å². The van der Waals surface area contributed by atoms with Gasteiger partial charge in [0.2, 0.25) is 0 Å². The molecule has 2 rings (SSSR count). The summed E-state index contributed by atoms with van der Waals surface area (Å²) < 4.78 is 16.5. The average molecular weight is 268 g/mol. The van der Waals surface area contributed by atoms with Crippen LogP contribution >= 0.6 is 0 Å². The van der Waals surface area contributed by atoms with Gasteiger partial charge in [0.1, 0.15) is 6.61 Å². The van der Waals surface area contributed by atoms with Crippen molar-refractivity contribution in [1.82, 2.24) is 0 Å². The van der Waals surface area contributed by atoms with Gasteiger partial charge in [-0.15, -0.1) is 0 Å². The van der Waals surface area contributed by atoms with Crippen LogP contribution in [0.5, 0.6) is 0 Å². The fourth-order valence-corrected chi connectivity index (χ4v) is 2.81. The lowest BCUT2D eigenvalue weighted by atomic mass is 9.68. The van der Waals surface area contributed by atoms with Gasteiger partial charge in [0, 0.05) is 12.3 Å². The van der Waals surface area contributed by atoms with Crippen LogP contribution in [0.15, 0.2) is 11.1 Å². The third kappa shape index (κ3) is 2.21. The standard InChI is InChI=1S/C14H20O5/c1-9-11(8-17-10(2)15)13(3,4)14(7-12(9)16)18-5-6-19-14/h5-8H2,1-4H3. The molecular formula is C14H20O5. The molecule has 0 radical (unpaired) electrons. The molecule has 0 aromatic rings. The fourth-order valence-electron chi connectivity index (χ4n) is 2.81. The highest BCUT2D eigenvalue weighted by atomic mass is 16.7. The van der Waals surface area contributed by atoms with Crippen LogP contribution in [0.4, 0.5) is 0 Å². The Kier molecular flexibility index (Phi) is 3.53. The Hall–Kier alpha value is -1.20. The van der Waals surface area contributed by atoms with E-state index in [9.17, 15) is 9.59 Å². The number of carbonyl (C=O) groups is 2. The molecule has 0 N–H and O–H groups in total. The van der Waals surface area contributed by atoms with Crippen LogP contribution in [0.3, 0.4) is 0 Å². The van der Waals surface area contributed by atoms with Gasteiger partial charge >= 0.3 is 5.97 Å². The monoisotopic (exact) mass is 268 g/mol. The van der Waals surface area contributed by atoms with Crippen molar-refractivity contribution in [2.45, 2.75) is 39.9 Å². The number of ether oxygens (including phenoxy) is 3. The van der Waals surface area contributed by atoms with E-state index in [4.69, 9.17) is 14.2 Å². The molecule has 1 saturated heterocycles. The normalized spacial score (nSPS) is 24.9. The van der Waals surface area contributed by atoms with Gasteiger partial charge in [0.25, 0.3) is 0 Å². The van der Waals surface area contributed by atoms with E-state index in [0.717, 1.165) is 5.57 Å². The second-order valence-corrected chi connectivity index (χ2v) is 5.56. The number of Topliss-reactive ketones (excluding diaryl/α,β-unsaturated/α-hetero) is 1. The van der Waals surface area contributed by atoms with E-state index in [1.807, 2.05) is 13.8 Å². The first kappa shape index (κ1) is 14.2. The first-order chi connectivity index (χ1) is 8.80. The van der Waals surface area contributed by atoms with Gasteiger partial charge in [0.15, 0.2) is 11.6 Å². The number of hydrogen-bond acceptors (Lipinski definition) is 5. The molecule has 5 heteroatoms. The van der Waals surface area contributed by atoms with Crippen LogP contribution in [0, 0.1) is 5.41 Å². The van der Waals surface area contributed by atoms with Crippen LogP contribution in [0.2, 0.25) is 0 Å². The molecular weight excluding hydrogens is 248 g/mol. The minimum atomic E-state index is -0.918. The largest absolute Gasteiger partial charge is 0.461 e. The molecule has 0 saturated carbocycles. The molecule has 19 heavy (non-hydrogen) atoms. The smallest absolute Gasteiger partial charge is 0.302 e. The number of rotatable bonds is 2. The summed E-state index contributed by atoms with van der Waals surface area (Å²) in [5.74, 6) is -1.29. The van der Waals surface area contributed by atoms with E-state index in [-0.39, 0.29) is 24.8 Å². The zero-order chi connectivity index (χ0) is 14.3. The zero-order valence-corrected chi connectivity index (χ0v) is 11.9. The minimum absolute atomic E-state index is 0.0108. The van der Waals surface area contributed by atoms with E-state index in [0.29, 0.717) is 18.8 Å². The van der Waals surface area contributed by atoms with Crippen molar-refractivity contribution >= 4 is 11.8 Å². The van der Waals surface area contributed by atoms with Crippen LogP contribution in [0.25, 0.3) is 0 Å². The summed E-state index contributed by atoms with van der Waals surface area (Å²) in [6.45, 7) is 8.12. The molecule has 2 aliphatic rings. The Labute approximate surface area is 112 Å². The van der Waals surface area contributed by atoms with Crippen molar-refractivity contribution in [2.24, 2.45) is 5.41 Å². The van der Waals surface area contributed by atoms with Gasteiger partial charge in [-0.3, -0.25) is 9.59 Å². The number of allylic oxidation sites excluding steroid dienone is 1. The van der Waals surface area contributed by atoms with Crippen LogP contribution in [0.1, 0.15) is 34.1 Å². The fraction of sp³-hybridized carbons (Fsp3) is 0.714. The first-order valence-electron chi connectivity index (χ1n) is 6.45. The molecule has 1 spiro atoms. The summed E-state index contributed by atoms with van der Waals surface area (Å²) in [6.07, 6.45) is 0.218. The lowest BCUT2D eigenvalue weighted by molar-refractivity contribution is -0.223. The molecule has 0 atom stereocenters. The zero-order valence-electron chi connectivity index (χ0n) is 11.9. The van der Waals surface area contributed by atoms with E-state index in [2.05, 4.69) is 0 Å². The third-order valence-electron chi connectivity index (χ3n) is 4.14. The van der Waals surface area contributed by atoms with Crippen molar-refractivity contribution in [3.63, 3.8) is 0 Å². The lowest BCUT2D eigenvalue weighted by Crippen LogP contribution is -2.52. The van der Waals surface area contributed by atoms with Gasteiger partial charge in [-0.2, -0.15) is 0 Å². The molecule has 1 heterocycles. The van der Waals surface area contributed by atoms with Gasteiger partial charge < -0.3 is 14.2 Å². The van der Waals surface area contributed by atoms with Crippen molar-refractivity contribution < 1.29 is 23.8 Å². The summed E-state index contributed by atoms with van der Waals surface area (Å²) in [4.78, 5) is 23.1. The molecule has 0 aromatic heterocycles. The average Bonchev–Trinajstić information content (AvgIpc) is 2.76. The first-order valence-corrected chi connectivity index (χ1v) is 6.45. The maximum Gasteiger partial charge on any atom is 0.302 e. The van der Waals surface area contributed by atoms with Crippen LogP contribution in [-0.2, 0) is 23.8 Å². The van der Waals surface area contributed by atoms with Gasteiger partial charge in [0.05, 0.1) is 19.6 Å². The van der Waals surface area contributed by atoms with Crippen LogP contribution in [-0.4, -0.2) is 37.4 Å². The molecule has 0 aromatic carbocycles. The van der Waals surface area contributed by atoms with Gasteiger partial charge in [-0.1, -0.05) is 13.8 Å². The number of hydrogen-bond donors (Lipinski definition) is 0. The van der Waals surface area contributed by atoms with E-state index < -0.39 is 11.2 Å². The van der Waals surface area contributed by atoms with Crippen molar-refractivity contribution in [1.29, 1.82) is 0 Å². The highest BCUT2D eigenvalue weighted by molar-refractivity contribution is 5.97. The maximum atomic E-state index is 12.1. The minimum Gasteiger partial charge on any atom is -0.461 e. The predicted molar refractivity (Wildman–Crippen MR) is 67.4 cm³/mol. The summed E-state index contributed by atoms with van der Waals surface area (Å²) in [5, 5.41) is 0. The highest BCUT2D eigenvalue weighted by Gasteiger charge is 2.56. The van der Waals surface area contributed by atoms with Crippen molar-refractivity contribution in [2.75, 3.05) is 19.8 Å². The quantitative estimate of drug-likeness (QED) is 0.712. The molecule has 0 unspecified atom stereocenters. The lowest BCUT2D eigenvalue weighted by Gasteiger charge is -2.46. The molecule has 5 nitrogen and oxygen atoms in total. The third-order valence-corrected chi connectivity index (χ3v) is 4.14. The highest BCUT2D eigenvalue weighted by Crippen LogP contribution is 2.50. The number of ketones is 1. The molecule has 1 fully saturated rings. The van der Waals surface area contributed by atoms with Gasteiger partial charge in [-0.25, -0.2) is 0 Å². The Morgan fingerprint density at radius 3 is 2.42 bits per heavy atom. The Bertz CT molecular complexity index is 441. The van der Waals surface area contributed by atoms with E-state index in [1.165, 1.54) is 6.92 Å². The Morgan fingerprint density at radius 1 is 1.32 bits per heavy atom. The van der Waals surface area contributed by atoms with Crippen LogP contribution < -0.4 is 0 Å². The Balaban J connectivity index is 2.38. The second kappa shape index (κ2) is 4.72. The Morgan fingerprint density at radius 2 is 1.89 bits per heavy atom. The predicted octanol–water partition coefficient (Wildman–Crippen LogP) is 1.61. The summed E-state index contributed by atoms with van der Waals surface area (Å²) >= 11 is 0. The van der Waals surface area contributed by atoms with Crippen molar-refractivity contribution in [3.05, 3.63) is 11.1 Å². The van der Waals surface area contributed by atoms with E-state index >= 15 is 0 Å². The summed E-state index contributed by atoms with van der Waals surface area (Å²) in [6, 6.07) is 0. The van der Waals surface area contributed by atoms with Gasteiger partial charge in [-0.05, 0) is 18.1 Å². The molecule has 0 bridgehead atoms. The molecule has 1 aliphatic heterocycles. The summed E-state index contributed by atoms with van der Waals surface area (Å²) in [7, 11) is 0. The molecule has 0 amide bonds. The van der Waals surface area contributed by atoms with Crippen molar-refractivity contribution in [3.8, 4) is 0 Å². The second-order valence-electron chi connectivity index (χ2n) is 5.56. The maximum absolute atomic E-state index is 12.1. The molecule has 106 valence electrons. The molecule has 1 aliphatic carbocycles.